The van der Waals surface area contributed by atoms with E-state index in [4.69, 9.17) is 4.74 Å². The molecule has 0 atom stereocenters. The topological polar surface area (TPSA) is 84.5 Å². The molecule has 2 rings (SSSR count). The molecule has 0 fully saturated rings. The number of amides is 1. The maximum Gasteiger partial charge on any atom is 0.240 e. The minimum absolute atomic E-state index is 0.129. The largest absolute Gasteiger partial charge is 0.497 e. The number of benzene rings is 2. The van der Waals surface area contributed by atoms with Gasteiger partial charge in [0.2, 0.25) is 15.9 Å². The van der Waals surface area contributed by atoms with E-state index < -0.39 is 10.0 Å². The van der Waals surface area contributed by atoms with Gasteiger partial charge in [-0.25, -0.2) is 13.1 Å². The van der Waals surface area contributed by atoms with Crippen LogP contribution in [0.25, 0.3) is 0 Å². The van der Waals surface area contributed by atoms with Crippen LogP contribution >= 0.6 is 0 Å². The summed E-state index contributed by atoms with van der Waals surface area (Å²) < 4.78 is 32.1. The molecule has 26 heavy (non-hydrogen) atoms. The summed E-state index contributed by atoms with van der Waals surface area (Å²) in [5.74, 6) is 0.565. The van der Waals surface area contributed by atoms with Crippen molar-refractivity contribution >= 4 is 15.9 Å². The van der Waals surface area contributed by atoms with E-state index in [9.17, 15) is 13.2 Å². The molecule has 0 aliphatic carbocycles. The first-order valence-corrected chi connectivity index (χ1v) is 9.76. The van der Waals surface area contributed by atoms with Crippen LogP contribution < -0.4 is 14.8 Å². The Kier molecular flexibility index (Phi) is 6.76. The fourth-order valence-corrected chi connectivity index (χ4v) is 3.46. The fourth-order valence-electron chi connectivity index (χ4n) is 2.34. The first-order valence-electron chi connectivity index (χ1n) is 8.28. The minimum atomic E-state index is -3.58. The number of hydrogen-bond acceptors (Lipinski definition) is 4. The Morgan fingerprint density at radius 2 is 1.69 bits per heavy atom. The van der Waals surface area contributed by atoms with Crippen molar-refractivity contribution in [3.63, 3.8) is 0 Å². The second kappa shape index (κ2) is 8.82. The van der Waals surface area contributed by atoms with Gasteiger partial charge in [-0.2, -0.15) is 0 Å². The number of carbonyl (C=O) groups is 1. The molecule has 0 heterocycles. The Morgan fingerprint density at radius 1 is 1.00 bits per heavy atom. The summed E-state index contributed by atoms with van der Waals surface area (Å²) in [7, 11) is -2.00. The third-order valence-corrected chi connectivity index (χ3v) is 5.51. The molecule has 0 saturated carbocycles. The zero-order valence-electron chi connectivity index (χ0n) is 15.2. The Morgan fingerprint density at radius 3 is 2.31 bits per heavy atom. The molecule has 0 aliphatic rings. The number of nitrogens with one attached hydrogen (secondary N) is 2. The Balaban J connectivity index is 1.79. The van der Waals surface area contributed by atoms with Gasteiger partial charge in [0.05, 0.1) is 18.4 Å². The number of hydrogen-bond donors (Lipinski definition) is 2. The van der Waals surface area contributed by atoms with Crippen LogP contribution in [0, 0.1) is 13.8 Å². The van der Waals surface area contributed by atoms with E-state index in [1.54, 1.807) is 37.4 Å². The molecule has 2 N–H and O–H groups in total. The Labute approximate surface area is 154 Å². The average Bonchev–Trinajstić information content (AvgIpc) is 2.61. The third-order valence-electron chi connectivity index (χ3n) is 4.05. The maximum atomic E-state index is 12.3. The van der Waals surface area contributed by atoms with Crippen molar-refractivity contribution < 1.29 is 17.9 Å². The first-order chi connectivity index (χ1) is 12.3. The molecular weight excluding hydrogens is 352 g/mol. The van der Waals surface area contributed by atoms with Crippen LogP contribution in [0.5, 0.6) is 5.75 Å². The SMILES string of the molecule is COc1ccc(CC(=O)NCCNS(=O)(=O)c2ccc(C)c(C)c2)cc1. The molecule has 0 unspecified atom stereocenters. The predicted octanol–water partition coefficient (Wildman–Crippen LogP) is 1.95. The van der Waals surface area contributed by atoms with Crippen LogP contribution in [0.2, 0.25) is 0 Å². The van der Waals surface area contributed by atoms with E-state index in [0.29, 0.717) is 0 Å². The van der Waals surface area contributed by atoms with E-state index in [0.717, 1.165) is 22.4 Å². The van der Waals surface area contributed by atoms with Crippen molar-refractivity contribution in [1.82, 2.24) is 10.0 Å². The lowest BCUT2D eigenvalue weighted by molar-refractivity contribution is -0.120. The van der Waals surface area contributed by atoms with Crippen molar-refractivity contribution in [2.45, 2.75) is 25.2 Å². The van der Waals surface area contributed by atoms with Gasteiger partial charge in [-0.15, -0.1) is 0 Å². The van der Waals surface area contributed by atoms with Crippen LogP contribution in [0.1, 0.15) is 16.7 Å². The van der Waals surface area contributed by atoms with E-state index in [2.05, 4.69) is 10.0 Å². The molecule has 0 radical (unpaired) electrons. The maximum absolute atomic E-state index is 12.3. The van der Waals surface area contributed by atoms with Gasteiger partial charge in [-0.3, -0.25) is 4.79 Å². The van der Waals surface area contributed by atoms with Crippen LogP contribution in [0.3, 0.4) is 0 Å². The molecule has 140 valence electrons. The van der Waals surface area contributed by atoms with Gasteiger partial charge in [0.25, 0.3) is 0 Å². The van der Waals surface area contributed by atoms with Gasteiger partial charge in [0.15, 0.2) is 0 Å². The standard InChI is InChI=1S/C19H24N2O4S/c1-14-4-9-18(12-15(14)2)26(23,24)21-11-10-20-19(22)13-16-5-7-17(25-3)8-6-16/h4-9,12,21H,10-11,13H2,1-3H3,(H,20,22). The van der Waals surface area contributed by atoms with Gasteiger partial charge in [0.1, 0.15) is 5.75 Å². The van der Waals surface area contributed by atoms with Crippen LogP contribution in [-0.4, -0.2) is 34.5 Å². The molecule has 2 aromatic rings. The van der Waals surface area contributed by atoms with Crippen molar-refractivity contribution in [3.05, 3.63) is 59.2 Å². The van der Waals surface area contributed by atoms with Crippen molar-refractivity contribution in [2.24, 2.45) is 0 Å². The van der Waals surface area contributed by atoms with E-state index in [1.807, 2.05) is 26.0 Å². The number of methoxy groups -OCH3 is 1. The number of sulfonamides is 1. The second-order valence-electron chi connectivity index (χ2n) is 6.02. The summed E-state index contributed by atoms with van der Waals surface area (Å²) in [5, 5.41) is 2.71. The van der Waals surface area contributed by atoms with Gasteiger partial charge in [0, 0.05) is 13.1 Å². The predicted molar refractivity (Wildman–Crippen MR) is 101 cm³/mol. The summed E-state index contributed by atoms with van der Waals surface area (Å²) in [6.07, 6.45) is 0.230. The molecule has 6 nitrogen and oxygen atoms in total. The van der Waals surface area contributed by atoms with Crippen LogP contribution in [-0.2, 0) is 21.2 Å². The Bertz CT molecular complexity index is 862. The summed E-state index contributed by atoms with van der Waals surface area (Å²) in [4.78, 5) is 12.2. The molecule has 0 bridgehead atoms. The summed E-state index contributed by atoms with van der Waals surface area (Å²) >= 11 is 0. The average molecular weight is 376 g/mol. The summed E-state index contributed by atoms with van der Waals surface area (Å²) in [5.41, 5.74) is 2.81. The highest BCUT2D eigenvalue weighted by Crippen LogP contribution is 2.14. The van der Waals surface area contributed by atoms with Crippen LogP contribution in [0.4, 0.5) is 0 Å². The monoisotopic (exact) mass is 376 g/mol. The second-order valence-corrected chi connectivity index (χ2v) is 7.79. The lowest BCUT2D eigenvalue weighted by Gasteiger charge is -2.10. The minimum Gasteiger partial charge on any atom is -0.497 e. The fraction of sp³-hybridized carbons (Fsp3) is 0.316. The Hall–Kier alpha value is -2.38. The van der Waals surface area contributed by atoms with Crippen molar-refractivity contribution in [3.8, 4) is 5.75 Å². The summed E-state index contributed by atoms with van der Waals surface area (Å²) in [6.45, 7) is 4.15. The molecule has 0 saturated heterocycles. The number of rotatable bonds is 8. The van der Waals surface area contributed by atoms with E-state index in [-0.39, 0.29) is 30.3 Å². The van der Waals surface area contributed by atoms with E-state index >= 15 is 0 Å². The van der Waals surface area contributed by atoms with E-state index in [1.165, 1.54) is 0 Å². The zero-order valence-corrected chi connectivity index (χ0v) is 16.0. The zero-order chi connectivity index (χ0) is 19.2. The molecule has 0 spiro atoms. The van der Waals surface area contributed by atoms with Gasteiger partial charge < -0.3 is 10.1 Å². The highest BCUT2D eigenvalue weighted by molar-refractivity contribution is 7.89. The van der Waals surface area contributed by atoms with Crippen molar-refractivity contribution in [1.29, 1.82) is 0 Å². The van der Waals surface area contributed by atoms with Gasteiger partial charge >= 0.3 is 0 Å². The third kappa shape index (κ3) is 5.57. The molecular formula is C19H24N2O4S. The van der Waals surface area contributed by atoms with Crippen molar-refractivity contribution in [2.75, 3.05) is 20.2 Å². The molecule has 0 aliphatic heterocycles. The number of carbonyl (C=O) groups excluding carboxylic acids is 1. The highest BCUT2D eigenvalue weighted by atomic mass is 32.2. The molecule has 1 amide bonds. The normalized spacial score (nSPS) is 11.2. The van der Waals surface area contributed by atoms with Gasteiger partial charge in [-0.05, 0) is 54.8 Å². The number of ether oxygens (including phenoxy) is 1. The van der Waals surface area contributed by atoms with Gasteiger partial charge in [-0.1, -0.05) is 18.2 Å². The molecule has 0 aromatic heterocycles. The lowest BCUT2D eigenvalue weighted by atomic mass is 10.1. The highest BCUT2D eigenvalue weighted by Gasteiger charge is 2.14. The number of aryl methyl sites for hydroxylation is 2. The first kappa shape index (κ1) is 19.9. The lowest BCUT2D eigenvalue weighted by Crippen LogP contribution is -2.35. The molecule has 7 heteroatoms. The quantitative estimate of drug-likeness (QED) is 0.690. The smallest absolute Gasteiger partial charge is 0.240 e. The van der Waals surface area contributed by atoms with Crippen LogP contribution in [0.15, 0.2) is 47.4 Å². The summed E-state index contributed by atoms with van der Waals surface area (Å²) in [6, 6.07) is 12.2. The molecule has 2 aromatic carbocycles.